The lowest BCUT2D eigenvalue weighted by molar-refractivity contribution is 0.0168. The van der Waals surface area contributed by atoms with Gasteiger partial charge in [-0.3, -0.25) is 0 Å². The highest BCUT2D eigenvalue weighted by Crippen LogP contribution is 2.29. The topological polar surface area (TPSA) is 71.8 Å². The summed E-state index contributed by atoms with van der Waals surface area (Å²) >= 11 is 0. The van der Waals surface area contributed by atoms with Crippen molar-refractivity contribution in [3.8, 4) is 12.3 Å². The van der Waals surface area contributed by atoms with E-state index in [1.807, 2.05) is 39.0 Å². The van der Waals surface area contributed by atoms with Crippen molar-refractivity contribution >= 4 is 23.1 Å². The van der Waals surface area contributed by atoms with Crippen LogP contribution in [0.15, 0.2) is 24.3 Å². The minimum atomic E-state index is -1.08. The van der Waals surface area contributed by atoms with Gasteiger partial charge in [-0.05, 0) is 57.2 Å². The van der Waals surface area contributed by atoms with Crippen molar-refractivity contribution in [1.29, 1.82) is 0 Å². The molecule has 0 spiro atoms. The molecular weight excluding hydrogens is 368 g/mol. The second-order valence-electron chi connectivity index (χ2n) is 8.69. The molecule has 0 unspecified atom stereocenters. The number of ether oxygens (including phenoxy) is 1. The van der Waals surface area contributed by atoms with Gasteiger partial charge in [-0.1, -0.05) is 18.6 Å². The SMILES string of the molecule is C#CCc1ccc2cc(CN(CC3CCC3)C(=O)OC(C)(C)C)n(C(=O)O)c2c1. The molecule has 6 nitrogen and oxygen atoms in total. The van der Waals surface area contributed by atoms with Crippen LogP contribution in [0.25, 0.3) is 10.9 Å². The Kier molecular flexibility index (Phi) is 5.88. The number of amides is 1. The van der Waals surface area contributed by atoms with E-state index in [-0.39, 0.29) is 6.54 Å². The number of rotatable bonds is 5. The van der Waals surface area contributed by atoms with Crippen LogP contribution in [0.1, 0.15) is 51.3 Å². The van der Waals surface area contributed by atoms with Crippen LogP contribution in [-0.2, 0) is 17.7 Å². The van der Waals surface area contributed by atoms with Crippen LogP contribution >= 0.6 is 0 Å². The van der Waals surface area contributed by atoms with Crippen LogP contribution in [0.5, 0.6) is 0 Å². The van der Waals surface area contributed by atoms with E-state index in [2.05, 4.69) is 5.92 Å². The fourth-order valence-corrected chi connectivity index (χ4v) is 3.59. The monoisotopic (exact) mass is 396 g/mol. The van der Waals surface area contributed by atoms with Crippen molar-refractivity contribution in [3.05, 3.63) is 35.5 Å². The zero-order chi connectivity index (χ0) is 21.2. The summed E-state index contributed by atoms with van der Waals surface area (Å²) in [5.74, 6) is 3.02. The molecule has 1 aliphatic rings. The van der Waals surface area contributed by atoms with Crippen LogP contribution in [0.3, 0.4) is 0 Å². The Bertz CT molecular complexity index is 958. The summed E-state index contributed by atoms with van der Waals surface area (Å²) in [5.41, 5.74) is 1.38. The predicted molar refractivity (Wildman–Crippen MR) is 112 cm³/mol. The molecule has 1 heterocycles. The van der Waals surface area contributed by atoms with E-state index < -0.39 is 17.8 Å². The Morgan fingerprint density at radius 2 is 2.03 bits per heavy atom. The minimum Gasteiger partial charge on any atom is -0.464 e. The number of fused-ring (bicyclic) bond motifs is 1. The van der Waals surface area contributed by atoms with Crippen molar-refractivity contribution in [1.82, 2.24) is 9.47 Å². The summed E-state index contributed by atoms with van der Waals surface area (Å²) in [7, 11) is 0. The van der Waals surface area contributed by atoms with E-state index in [0.29, 0.717) is 30.1 Å². The highest BCUT2D eigenvalue weighted by molar-refractivity contribution is 5.90. The van der Waals surface area contributed by atoms with Gasteiger partial charge in [-0.25, -0.2) is 14.2 Å². The zero-order valence-electron chi connectivity index (χ0n) is 17.3. The number of nitrogens with zero attached hydrogens (tertiary/aromatic N) is 2. The largest absolute Gasteiger partial charge is 0.464 e. The molecule has 0 radical (unpaired) electrons. The fraction of sp³-hybridized carbons (Fsp3) is 0.478. The second kappa shape index (κ2) is 8.20. The number of hydrogen-bond acceptors (Lipinski definition) is 3. The van der Waals surface area contributed by atoms with Gasteiger partial charge in [-0.2, -0.15) is 0 Å². The molecule has 1 amide bonds. The van der Waals surface area contributed by atoms with Gasteiger partial charge in [-0.15, -0.1) is 12.3 Å². The molecule has 6 heteroatoms. The van der Waals surface area contributed by atoms with Crippen molar-refractivity contribution in [2.75, 3.05) is 6.54 Å². The van der Waals surface area contributed by atoms with E-state index in [9.17, 15) is 14.7 Å². The molecule has 1 fully saturated rings. The maximum atomic E-state index is 12.8. The molecule has 2 aromatic rings. The minimum absolute atomic E-state index is 0.177. The van der Waals surface area contributed by atoms with Crippen molar-refractivity contribution in [2.45, 2.75) is 58.6 Å². The van der Waals surface area contributed by atoms with Crippen LogP contribution < -0.4 is 0 Å². The summed E-state index contributed by atoms with van der Waals surface area (Å²) in [4.78, 5) is 26.5. The molecular formula is C23H28N2O4. The average molecular weight is 396 g/mol. The summed E-state index contributed by atoms with van der Waals surface area (Å²) in [6, 6.07) is 7.39. The first kappa shape index (κ1) is 20.8. The van der Waals surface area contributed by atoms with Gasteiger partial charge in [0.15, 0.2) is 0 Å². The molecule has 1 aliphatic carbocycles. The van der Waals surface area contributed by atoms with Crippen molar-refractivity contribution in [3.63, 3.8) is 0 Å². The van der Waals surface area contributed by atoms with Gasteiger partial charge in [0.1, 0.15) is 5.60 Å². The van der Waals surface area contributed by atoms with Gasteiger partial charge >= 0.3 is 12.2 Å². The van der Waals surface area contributed by atoms with E-state index in [1.54, 1.807) is 11.0 Å². The third kappa shape index (κ3) is 4.92. The third-order valence-electron chi connectivity index (χ3n) is 5.15. The van der Waals surface area contributed by atoms with Crippen LogP contribution in [-0.4, -0.2) is 38.9 Å². The fourth-order valence-electron chi connectivity index (χ4n) is 3.59. The standard InChI is InChI=1S/C23H28N2O4/c1-5-7-16-10-11-18-13-19(25(21(26)27)20(18)12-16)15-24(14-17-8-6-9-17)22(28)29-23(2,3)4/h1,10-13,17H,6-9,14-15H2,2-4H3,(H,26,27). The highest BCUT2D eigenvalue weighted by atomic mass is 16.6. The van der Waals surface area contributed by atoms with Gasteiger partial charge in [0.2, 0.25) is 0 Å². The van der Waals surface area contributed by atoms with E-state index in [1.165, 1.54) is 11.0 Å². The Labute approximate surface area is 171 Å². The molecule has 29 heavy (non-hydrogen) atoms. The smallest absolute Gasteiger partial charge is 0.416 e. The third-order valence-corrected chi connectivity index (χ3v) is 5.15. The Morgan fingerprint density at radius 3 is 2.59 bits per heavy atom. The Balaban J connectivity index is 1.95. The van der Waals surface area contributed by atoms with Gasteiger partial charge in [0, 0.05) is 24.0 Å². The lowest BCUT2D eigenvalue weighted by atomic mass is 9.85. The molecule has 1 saturated carbocycles. The molecule has 1 aromatic heterocycles. The van der Waals surface area contributed by atoms with E-state index >= 15 is 0 Å². The molecule has 0 atom stereocenters. The first-order chi connectivity index (χ1) is 13.7. The Hall–Kier alpha value is -2.94. The molecule has 0 bridgehead atoms. The Morgan fingerprint density at radius 1 is 1.31 bits per heavy atom. The first-order valence-corrected chi connectivity index (χ1v) is 9.96. The number of carboxylic acid groups (broad SMARTS) is 1. The summed E-state index contributed by atoms with van der Waals surface area (Å²) in [6.07, 6.45) is 7.65. The number of terminal acetylenes is 1. The molecule has 3 rings (SSSR count). The quantitative estimate of drug-likeness (QED) is 0.731. The number of aromatic nitrogens is 1. The van der Waals surface area contributed by atoms with Crippen LogP contribution in [0, 0.1) is 18.3 Å². The normalized spacial score (nSPS) is 14.3. The van der Waals surface area contributed by atoms with Crippen molar-refractivity contribution < 1.29 is 19.4 Å². The number of benzene rings is 1. The molecule has 1 aromatic carbocycles. The van der Waals surface area contributed by atoms with Crippen LogP contribution in [0.2, 0.25) is 0 Å². The second-order valence-corrected chi connectivity index (χ2v) is 8.69. The van der Waals surface area contributed by atoms with E-state index in [4.69, 9.17) is 11.2 Å². The molecule has 0 aliphatic heterocycles. The maximum Gasteiger partial charge on any atom is 0.416 e. The number of carbonyl (C=O) groups is 2. The lowest BCUT2D eigenvalue weighted by Gasteiger charge is -2.33. The first-order valence-electron chi connectivity index (χ1n) is 9.96. The predicted octanol–water partition coefficient (Wildman–Crippen LogP) is 4.88. The molecule has 154 valence electrons. The highest BCUT2D eigenvalue weighted by Gasteiger charge is 2.29. The molecule has 0 saturated heterocycles. The van der Waals surface area contributed by atoms with Gasteiger partial charge in [0.25, 0.3) is 0 Å². The van der Waals surface area contributed by atoms with Crippen molar-refractivity contribution in [2.24, 2.45) is 5.92 Å². The summed E-state index contributed by atoms with van der Waals surface area (Å²) < 4.78 is 6.82. The van der Waals surface area contributed by atoms with E-state index in [0.717, 1.165) is 23.8 Å². The lowest BCUT2D eigenvalue weighted by Crippen LogP contribution is -2.41. The van der Waals surface area contributed by atoms with Gasteiger partial charge in [0.05, 0.1) is 12.1 Å². The maximum absolute atomic E-state index is 12.8. The molecule has 1 N–H and O–H groups in total. The summed E-state index contributed by atoms with van der Waals surface area (Å²) in [6.45, 7) is 6.23. The van der Waals surface area contributed by atoms with Crippen LogP contribution in [0.4, 0.5) is 9.59 Å². The number of hydrogen-bond donors (Lipinski definition) is 1. The average Bonchev–Trinajstić information content (AvgIpc) is 2.93. The number of carbonyl (C=O) groups excluding carboxylic acids is 1. The van der Waals surface area contributed by atoms with Gasteiger partial charge < -0.3 is 14.7 Å². The zero-order valence-corrected chi connectivity index (χ0v) is 17.3. The summed E-state index contributed by atoms with van der Waals surface area (Å²) in [5, 5.41) is 10.6.